The fraction of sp³-hybridized carbons (Fsp3) is 0.364. The lowest BCUT2D eigenvalue weighted by Crippen LogP contribution is -2.16. The highest BCUT2D eigenvalue weighted by Crippen LogP contribution is 2.15. The summed E-state index contributed by atoms with van der Waals surface area (Å²) in [7, 11) is 0. The summed E-state index contributed by atoms with van der Waals surface area (Å²) in [6, 6.07) is 4.55. The maximum Gasteiger partial charge on any atom is 0.170 e. The number of halogens is 1. The van der Waals surface area contributed by atoms with E-state index in [1.54, 1.807) is 10.7 Å². The lowest BCUT2D eigenvalue weighted by Gasteiger charge is -2.07. The smallest absolute Gasteiger partial charge is 0.170 e. The van der Waals surface area contributed by atoms with Crippen LogP contribution in [-0.4, -0.2) is 26.8 Å². The Balaban J connectivity index is 2.35. The van der Waals surface area contributed by atoms with Gasteiger partial charge in [0.15, 0.2) is 5.82 Å². The maximum atomic E-state index is 13.0. The summed E-state index contributed by atoms with van der Waals surface area (Å²) >= 11 is 0. The van der Waals surface area contributed by atoms with Gasteiger partial charge >= 0.3 is 0 Å². The monoisotopic (exact) mass is 235 g/mol. The standard InChI is InChI=1S/C11H14FN5/c1-3-13-7-11-14-15-16-17(11)10-5-4-9(12)6-8(10)2/h4-6,13H,3,7H2,1-2H3. The SMILES string of the molecule is CCNCc1nnnn1-c1ccc(F)cc1C. The average Bonchev–Trinajstić information content (AvgIpc) is 2.74. The highest BCUT2D eigenvalue weighted by atomic mass is 19.1. The molecule has 0 aliphatic heterocycles. The van der Waals surface area contributed by atoms with Crippen LogP contribution in [0.25, 0.3) is 5.69 Å². The van der Waals surface area contributed by atoms with Crippen LogP contribution >= 0.6 is 0 Å². The molecule has 0 aliphatic rings. The van der Waals surface area contributed by atoms with Crippen LogP contribution in [0.5, 0.6) is 0 Å². The molecular weight excluding hydrogens is 221 g/mol. The van der Waals surface area contributed by atoms with Crippen molar-refractivity contribution in [3.8, 4) is 5.69 Å². The number of hydrogen-bond donors (Lipinski definition) is 1. The molecular formula is C11H14FN5. The minimum absolute atomic E-state index is 0.257. The van der Waals surface area contributed by atoms with Gasteiger partial charge in [0.2, 0.25) is 0 Å². The van der Waals surface area contributed by atoms with Crippen molar-refractivity contribution in [2.45, 2.75) is 20.4 Å². The molecule has 6 heteroatoms. The molecule has 17 heavy (non-hydrogen) atoms. The first-order valence-corrected chi connectivity index (χ1v) is 5.47. The highest BCUT2D eigenvalue weighted by molar-refractivity contribution is 5.39. The van der Waals surface area contributed by atoms with Crippen molar-refractivity contribution in [2.75, 3.05) is 6.54 Å². The molecule has 0 radical (unpaired) electrons. The number of nitrogens with one attached hydrogen (secondary N) is 1. The van der Waals surface area contributed by atoms with Crippen molar-refractivity contribution in [3.63, 3.8) is 0 Å². The van der Waals surface area contributed by atoms with E-state index >= 15 is 0 Å². The Labute approximate surface area is 98.6 Å². The van der Waals surface area contributed by atoms with E-state index in [2.05, 4.69) is 20.8 Å². The van der Waals surface area contributed by atoms with Gasteiger partial charge in [-0.15, -0.1) is 5.10 Å². The third-order valence-corrected chi connectivity index (χ3v) is 2.45. The minimum atomic E-state index is -0.257. The van der Waals surface area contributed by atoms with E-state index < -0.39 is 0 Å². The molecule has 0 fully saturated rings. The molecule has 2 rings (SSSR count). The molecule has 90 valence electrons. The van der Waals surface area contributed by atoms with Gasteiger partial charge in [-0.2, -0.15) is 4.68 Å². The zero-order valence-corrected chi connectivity index (χ0v) is 9.81. The molecule has 0 saturated heterocycles. The first kappa shape index (κ1) is 11.7. The van der Waals surface area contributed by atoms with Gasteiger partial charge in [-0.05, 0) is 47.7 Å². The van der Waals surface area contributed by atoms with Gasteiger partial charge in [-0.3, -0.25) is 0 Å². The Morgan fingerprint density at radius 1 is 1.41 bits per heavy atom. The number of aromatic nitrogens is 4. The van der Waals surface area contributed by atoms with Gasteiger partial charge in [-0.1, -0.05) is 6.92 Å². The fourth-order valence-corrected chi connectivity index (χ4v) is 1.60. The number of aryl methyl sites for hydroxylation is 1. The van der Waals surface area contributed by atoms with E-state index in [1.807, 2.05) is 13.8 Å². The summed E-state index contributed by atoms with van der Waals surface area (Å²) in [6.07, 6.45) is 0. The largest absolute Gasteiger partial charge is 0.310 e. The van der Waals surface area contributed by atoms with Crippen molar-refractivity contribution in [1.82, 2.24) is 25.5 Å². The van der Waals surface area contributed by atoms with Crippen LogP contribution in [0, 0.1) is 12.7 Å². The Morgan fingerprint density at radius 3 is 2.94 bits per heavy atom. The zero-order chi connectivity index (χ0) is 12.3. The van der Waals surface area contributed by atoms with E-state index in [9.17, 15) is 4.39 Å². The van der Waals surface area contributed by atoms with E-state index in [0.29, 0.717) is 12.4 Å². The zero-order valence-electron chi connectivity index (χ0n) is 9.81. The molecule has 1 aromatic carbocycles. The summed E-state index contributed by atoms with van der Waals surface area (Å²) in [5, 5.41) is 14.7. The van der Waals surface area contributed by atoms with E-state index in [1.165, 1.54) is 12.1 Å². The Kier molecular flexibility index (Phi) is 3.43. The summed E-state index contributed by atoms with van der Waals surface area (Å²) in [5.74, 6) is 0.453. The van der Waals surface area contributed by atoms with Gasteiger partial charge in [0.05, 0.1) is 12.2 Å². The molecule has 1 N–H and O–H groups in total. The number of nitrogens with zero attached hydrogens (tertiary/aromatic N) is 4. The van der Waals surface area contributed by atoms with Crippen LogP contribution in [0.3, 0.4) is 0 Å². The van der Waals surface area contributed by atoms with Crippen LogP contribution in [0.2, 0.25) is 0 Å². The third-order valence-electron chi connectivity index (χ3n) is 2.45. The quantitative estimate of drug-likeness (QED) is 0.865. The summed E-state index contributed by atoms with van der Waals surface area (Å²) in [4.78, 5) is 0. The molecule has 1 heterocycles. The maximum absolute atomic E-state index is 13.0. The number of rotatable bonds is 4. The predicted molar refractivity (Wildman–Crippen MR) is 61.2 cm³/mol. The average molecular weight is 235 g/mol. The lowest BCUT2D eigenvalue weighted by atomic mass is 10.2. The van der Waals surface area contributed by atoms with Crippen molar-refractivity contribution in [3.05, 3.63) is 35.4 Å². The van der Waals surface area contributed by atoms with Crippen molar-refractivity contribution >= 4 is 0 Å². The highest BCUT2D eigenvalue weighted by Gasteiger charge is 2.10. The molecule has 5 nitrogen and oxygen atoms in total. The van der Waals surface area contributed by atoms with Crippen LogP contribution in [0.1, 0.15) is 18.3 Å². The molecule has 0 bridgehead atoms. The minimum Gasteiger partial charge on any atom is -0.310 e. The first-order valence-electron chi connectivity index (χ1n) is 5.47. The predicted octanol–water partition coefficient (Wildman–Crippen LogP) is 1.22. The van der Waals surface area contributed by atoms with Gasteiger partial charge in [0.25, 0.3) is 0 Å². The molecule has 0 atom stereocenters. The molecule has 0 saturated carbocycles. The topological polar surface area (TPSA) is 55.6 Å². The van der Waals surface area contributed by atoms with Crippen LogP contribution in [0.4, 0.5) is 4.39 Å². The van der Waals surface area contributed by atoms with Gasteiger partial charge in [-0.25, -0.2) is 4.39 Å². The lowest BCUT2D eigenvalue weighted by molar-refractivity contribution is 0.623. The molecule has 0 amide bonds. The van der Waals surface area contributed by atoms with Gasteiger partial charge < -0.3 is 5.32 Å². The number of tetrazole rings is 1. The van der Waals surface area contributed by atoms with Crippen molar-refractivity contribution in [1.29, 1.82) is 0 Å². The third kappa shape index (κ3) is 2.47. The van der Waals surface area contributed by atoms with Crippen LogP contribution in [-0.2, 0) is 6.54 Å². The molecule has 1 aromatic heterocycles. The van der Waals surface area contributed by atoms with Crippen molar-refractivity contribution < 1.29 is 4.39 Å². The van der Waals surface area contributed by atoms with E-state index in [4.69, 9.17) is 0 Å². The van der Waals surface area contributed by atoms with Gasteiger partial charge in [0.1, 0.15) is 5.82 Å². The summed E-state index contributed by atoms with van der Waals surface area (Å²) in [5.41, 5.74) is 1.60. The second kappa shape index (κ2) is 5.01. The molecule has 0 spiro atoms. The van der Waals surface area contributed by atoms with Gasteiger partial charge in [0, 0.05) is 0 Å². The summed E-state index contributed by atoms with van der Waals surface area (Å²) < 4.78 is 14.6. The van der Waals surface area contributed by atoms with Crippen molar-refractivity contribution in [2.24, 2.45) is 0 Å². The van der Waals surface area contributed by atoms with E-state index in [-0.39, 0.29) is 5.82 Å². The second-order valence-electron chi connectivity index (χ2n) is 3.72. The number of benzene rings is 1. The molecule has 0 aliphatic carbocycles. The second-order valence-corrected chi connectivity index (χ2v) is 3.72. The van der Waals surface area contributed by atoms with E-state index in [0.717, 1.165) is 17.8 Å². The Hall–Kier alpha value is -1.82. The van der Waals surface area contributed by atoms with Crippen LogP contribution < -0.4 is 5.32 Å². The number of hydrogen-bond acceptors (Lipinski definition) is 4. The normalized spacial score (nSPS) is 10.8. The fourth-order valence-electron chi connectivity index (χ4n) is 1.60. The molecule has 0 unspecified atom stereocenters. The summed E-state index contributed by atoms with van der Waals surface area (Å²) in [6.45, 7) is 5.27. The van der Waals surface area contributed by atoms with Crippen LogP contribution in [0.15, 0.2) is 18.2 Å². The molecule has 2 aromatic rings. The Morgan fingerprint density at radius 2 is 2.24 bits per heavy atom. The first-order chi connectivity index (χ1) is 8.22. The Bertz CT molecular complexity index is 508.